The fourth-order valence-corrected chi connectivity index (χ4v) is 1.69. The SMILES string of the molecule is C/C=C/CCNC(=O)N1CCC(C(=O)O)C1. The van der Waals surface area contributed by atoms with E-state index in [1.807, 2.05) is 19.1 Å². The number of carbonyl (C=O) groups excluding carboxylic acids is 1. The van der Waals surface area contributed by atoms with Gasteiger partial charge in [-0.25, -0.2) is 4.79 Å². The smallest absolute Gasteiger partial charge is 0.317 e. The molecule has 0 aromatic rings. The molecule has 5 nitrogen and oxygen atoms in total. The van der Waals surface area contributed by atoms with Gasteiger partial charge >= 0.3 is 12.0 Å². The van der Waals surface area contributed by atoms with Gasteiger partial charge in [0.1, 0.15) is 0 Å². The lowest BCUT2D eigenvalue weighted by molar-refractivity contribution is -0.141. The average Bonchev–Trinajstić information content (AvgIpc) is 2.73. The molecular formula is C11H18N2O3. The van der Waals surface area contributed by atoms with Gasteiger partial charge < -0.3 is 15.3 Å². The summed E-state index contributed by atoms with van der Waals surface area (Å²) in [6.07, 6.45) is 5.27. The zero-order chi connectivity index (χ0) is 12.0. The van der Waals surface area contributed by atoms with Crippen molar-refractivity contribution in [3.05, 3.63) is 12.2 Å². The van der Waals surface area contributed by atoms with Gasteiger partial charge in [-0.05, 0) is 19.8 Å². The van der Waals surface area contributed by atoms with Crippen molar-refractivity contribution in [2.24, 2.45) is 5.92 Å². The molecule has 2 N–H and O–H groups in total. The van der Waals surface area contributed by atoms with Gasteiger partial charge in [0, 0.05) is 19.6 Å². The molecule has 16 heavy (non-hydrogen) atoms. The molecule has 1 aliphatic rings. The second-order valence-corrected chi connectivity index (χ2v) is 3.86. The number of amides is 2. The first kappa shape index (κ1) is 12.5. The number of carboxylic acids is 1. The predicted octanol–water partition coefficient (Wildman–Crippen LogP) is 1.07. The van der Waals surface area contributed by atoms with Crippen LogP contribution < -0.4 is 5.32 Å². The molecule has 0 bridgehead atoms. The van der Waals surface area contributed by atoms with Crippen molar-refractivity contribution in [3.63, 3.8) is 0 Å². The van der Waals surface area contributed by atoms with E-state index < -0.39 is 11.9 Å². The predicted molar refractivity (Wildman–Crippen MR) is 60.1 cm³/mol. The van der Waals surface area contributed by atoms with Crippen molar-refractivity contribution in [3.8, 4) is 0 Å². The number of likely N-dealkylation sites (tertiary alicyclic amines) is 1. The van der Waals surface area contributed by atoms with Crippen molar-refractivity contribution >= 4 is 12.0 Å². The van der Waals surface area contributed by atoms with Crippen molar-refractivity contribution < 1.29 is 14.7 Å². The number of allylic oxidation sites excluding steroid dienone is 1. The van der Waals surface area contributed by atoms with Gasteiger partial charge in [-0.1, -0.05) is 12.2 Å². The largest absolute Gasteiger partial charge is 0.481 e. The summed E-state index contributed by atoms with van der Waals surface area (Å²) in [4.78, 5) is 23.8. The maximum absolute atomic E-state index is 11.6. The van der Waals surface area contributed by atoms with E-state index >= 15 is 0 Å². The van der Waals surface area contributed by atoms with Crippen LogP contribution in [0.5, 0.6) is 0 Å². The van der Waals surface area contributed by atoms with Crippen LogP contribution in [-0.4, -0.2) is 41.6 Å². The van der Waals surface area contributed by atoms with Gasteiger partial charge in [0.2, 0.25) is 0 Å². The van der Waals surface area contributed by atoms with Crippen LogP contribution in [0.25, 0.3) is 0 Å². The molecule has 0 aliphatic carbocycles. The van der Waals surface area contributed by atoms with Crippen molar-refractivity contribution in [1.29, 1.82) is 0 Å². The minimum absolute atomic E-state index is 0.159. The number of carboxylic acid groups (broad SMARTS) is 1. The van der Waals surface area contributed by atoms with E-state index in [0.29, 0.717) is 26.1 Å². The van der Waals surface area contributed by atoms with E-state index in [1.165, 1.54) is 0 Å². The normalized spacial score (nSPS) is 20.3. The Balaban J connectivity index is 2.25. The van der Waals surface area contributed by atoms with Crippen LogP contribution in [0.1, 0.15) is 19.8 Å². The second kappa shape index (κ2) is 6.15. The standard InChI is InChI=1S/C11H18N2O3/c1-2-3-4-6-12-11(16)13-7-5-9(8-13)10(14)15/h2-3,9H,4-8H2,1H3,(H,12,16)(H,14,15)/b3-2+. The third-order valence-corrected chi connectivity index (χ3v) is 2.65. The summed E-state index contributed by atoms with van der Waals surface area (Å²) < 4.78 is 0. The minimum Gasteiger partial charge on any atom is -0.481 e. The fraction of sp³-hybridized carbons (Fsp3) is 0.636. The van der Waals surface area contributed by atoms with Crippen LogP contribution in [0.3, 0.4) is 0 Å². The zero-order valence-electron chi connectivity index (χ0n) is 9.48. The van der Waals surface area contributed by atoms with Crippen LogP contribution in [0.4, 0.5) is 4.79 Å². The van der Waals surface area contributed by atoms with Crippen LogP contribution in [0.15, 0.2) is 12.2 Å². The average molecular weight is 226 g/mol. The molecule has 0 aromatic heterocycles. The summed E-state index contributed by atoms with van der Waals surface area (Å²) in [6, 6.07) is -0.159. The van der Waals surface area contributed by atoms with Gasteiger partial charge in [-0.15, -0.1) is 0 Å². The Morgan fingerprint density at radius 3 is 2.88 bits per heavy atom. The molecule has 1 rings (SSSR count). The summed E-state index contributed by atoms with van der Waals surface area (Å²) >= 11 is 0. The van der Waals surface area contributed by atoms with Gasteiger partial charge in [0.15, 0.2) is 0 Å². The molecule has 0 aromatic carbocycles. The maximum atomic E-state index is 11.6. The Bertz CT molecular complexity index is 289. The van der Waals surface area contributed by atoms with Gasteiger partial charge in [-0.3, -0.25) is 4.79 Å². The summed E-state index contributed by atoms with van der Waals surface area (Å²) in [5, 5.41) is 11.6. The Kier molecular flexibility index (Phi) is 4.82. The summed E-state index contributed by atoms with van der Waals surface area (Å²) in [6.45, 7) is 3.38. The maximum Gasteiger partial charge on any atom is 0.317 e. The highest BCUT2D eigenvalue weighted by Gasteiger charge is 2.30. The topological polar surface area (TPSA) is 69.6 Å². The first-order valence-electron chi connectivity index (χ1n) is 5.52. The molecule has 1 heterocycles. The highest BCUT2D eigenvalue weighted by Crippen LogP contribution is 2.15. The number of hydrogen-bond acceptors (Lipinski definition) is 2. The van der Waals surface area contributed by atoms with E-state index in [0.717, 1.165) is 6.42 Å². The highest BCUT2D eigenvalue weighted by atomic mass is 16.4. The number of urea groups is 1. The monoisotopic (exact) mass is 226 g/mol. The lowest BCUT2D eigenvalue weighted by Crippen LogP contribution is -2.39. The van der Waals surface area contributed by atoms with E-state index in [1.54, 1.807) is 4.90 Å². The van der Waals surface area contributed by atoms with Gasteiger partial charge in [-0.2, -0.15) is 0 Å². The van der Waals surface area contributed by atoms with Crippen molar-refractivity contribution in [2.45, 2.75) is 19.8 Å². The number of aliphatic carboxylic acids is 1. The second-order valence-electron chi connectivity index (χ2n) is 3.86. The molecule has 0 spiro atoms. The number of carbonyl (C=O) groups is 2. The zero-order valence-corrected chi connectivity index (χ0v) is 9.48. The Morgan fingerprint density at radius 2 is 2.31 bits per heavy atom. The fourth-order valence-electron chi connectivity index (χ4n) is 1.69. The molecule has 90 valence electrons. The van der Waals surface area contributed by atoms with E-state index in [4.69, 9.17) is 5.11 Å². The molecule has 0 saturated carbocycles. The third-order valence-electron chi connectivity index (χ3n) is 2.65. The van der Waals surface area contributed by atoms with Crippen LogP contribution in [-0.2, 0) is 4.79 Å². The van der Waals surface area contributed by atoms with Crippen LogP contribution >= 0.6 is 0 Å². The Hall–Kier alpha value is -1.52. The van der Waals surface area contributed by atoms with E-state index in [9.17, 15) is 9.59 Å². The van der Waals surface area contributed by atoms with E-state index in [2.05, 4.69) is 5.32 Å². The number of nitrogens with zero attached hydrogens (tertiary/aromatic N) is 1. The quantitative estimate of drug-likeness (QED) is 0.556. The molecule has 2 amide bonds. The first-order valence-corrected chi connectivity index (χ1v) is 5.52. The summed E-state index contributed by atoms with van der Waals surface area (Å²) in [7, 11) is 0. The molecule has 1 aliphatic heterocycles. The molecule has 5 heteroatoms. The molecule has 1 atom stereocenters. The minimum atomic E-state index is -0.816. The lowest BCUT2D eigenvalue weighted by Gasteiger charge is -2.16. The molecular weight excluding hydrogens is 208 g/mol. The van der Waals surface area contributed by atoms with Crippen molar-refractivity contribution in [1.82, 2.24) is 10.2 Å². The van der Waals surface area contributed by atoms with E-state index in [-0.39, 0.29) is 6.03 Å². The first-order chi connectivity index (χ1) is 7.65. The Morgan fingerprint density at radius 1 is 1.56 bits per heavy atom. The third kappa shape index (κ3) is 3.56. The molecule has 1 saturated heterocycles. The van der Waals surface area contributed by atoms with Crippen molar-refractivity contribution in [2.75, 3.05) is 19.6 Å². The lowest BCUT2D eigenvalue weighted by atomic mass is 10.1. The van der Waals surface area contributed by atoms with Crippen LogP contribution in [0, 0.1) is 5.92 Å². The molecule has 1 fully saturated rings. The van der Waals surface area contributed by atoms with Gasteiger partial charge in [0.05, 0.1) is 5.92 Å². The highest BCUT2D eigenvalue weighted by molar-refractivity contribution is 5.77. The molecule has 0 radical (unpaired) electrons. The number of rotatable bonds is 4. The number of hydrogen-bond donors (Lipinski definition) is 2. The summed E-state index contributed by atoms with van der Waals surface area (Å²) in [5.41, 5.74) is 0. The molecule has 1 unspecified atom stereocenters. The number of nitrogens with one attached hydrogen (secondary N) is 1. The van der Waals surface area contributed by atoms with Gasteiger partial charge in [0.25, 0.3) is 0 Å². The van der Waals surface area contributed by atoms with Crippen LogP contribution in [0.2, 0.25) is 0 Å². The Labute approximate surface area is 95.1 Å². The summed E-state index contributed by atoms with van der Waals surface area (Å²) in [5.74, 6) is -1.22.